The average molecular weight is 449 g/mol. The number of hydrogen-bond acceptors (Lipinski definition) is 7. The summed E-state index contributed by atoms with van der Waals surface area (Å²) >= 11 is 0. The number of nitrogens with zero attached hydrogens (tertiary/aromatic N) is 6. The van der Waals surface area contributed by atoms with Crippen LogP contribution in [0.3, 0.4) is 0 Å². The van der Waals surface area contributed by atoms with Crippen LogP contribution in [-0.2, 0) is 22.3 Å². The van der Waals surface area contributed by atoms with Crippen molar-refractivity contribution in [2.75, 3.05) is 32.2 Å². The Balaban J connectivity index is 1.41. The van der Waals surface area contributed by atoms with E-state index in [2.05, 4.69) is 49.3 Å². The van der Waals surface area contributed by atoms with Crippen LogP contribution in [0, 0.1) is 0 Å². The number of methoxy groups -OCH3 is 1. The van der Waals surface area contributed by atoms with Gasteiger partial charge in [-0.25, -0.2) is 9.50 Å². The number of aryl methyl sites for hydroxylation is 1. The third-order valence-electron chi connectivity index (χ3n) is 6.68. The Hall–Kier alpha value is -3.24. The van der Waals surface area contributed by atoms with E-state index in [0.717, 1.165) is 49.1 Å². The van der Waals surface area contributed by atoms with E-state index in [-0.39, 0.29) is 6.04 Å². The predicted molar refractivity (Wildman–Crippen MR) is 122 cm³/mol. The number of aromatic amines is 1. The van der Waals surface area contributed by atoms with Gasteiger partial charge in [0.2, 0.25) is 5.95 Å². The largest absolute Gasteiger partial charge is 0.383 e. The predicted octanol–water partition coefficient (Wildman–Crippen LogP) is 2.61. The van der Waals surface area contributed by atoms with Crippen molar-refractivity contribution in [1.82, 2.24) is 34.6 Å². The van der Waals surface area contributed by atoms with Crippen molar-refractivity contribution in [2.24, 2.45) is 0 Å². The molecule has 0 spiro atoms. The molecule has 1 aliphatic heterocycles. The van der Waals surface area contributed by atoms with Crippen LogP contribution >= 0.6 is 0 Å². The van der Waals surface area contributed by atoms with E-state index >= 15 is 0 Å². The highest BCUT2D eigenvalue weighted by atomic mass is 16.5. The van der Waals surface area contributed by atoms with Crippen molar-refractivity contribution in [3.63, 3.8) is 0 Å². The fraction of sp³-hybridized carbons (Fsp3) is 0.478. The second-order valence-electron chi connectivity index (χ2n) is 9.08. The normalized spacial score (nSPS) is 19.4. The van der Waals surface area contributed by atoms with E-state index in [1.54, 1.807) is 7.11 Å². The highest BCUT2D eigenvalue weighted by Gasteiger charge is 2.27. The maximum Gasteiger partial charge on any atom is 0.241 e. The first-order valence-corrected chi connectivity index (χ1v) is 11.5. The van der Waals surface area contributed by atoms with Crippen LogP contribution in [0.1, 0.15) is 42.3 Å². The fourth-order valence-corrected chi connectivity index (χ4v) is 4.84. The minimum absolute atomic E-state index is 0.108. The van der Waals surface area contributed by atoms with Crippen LogP contribution in [0.25, 0.3) is 16.6 Å². The maximum absolute atomic E-state index is 5.33. The average Bonchev–Trinajstić information content (AvgIpc) is 3.50. The number of H-pyrrole nitrogens is 1. The van der Waals surface area contributed by atoms with E-state index in [0.29, 0.717) is 24.5 Å². The van der Waals surface area contributed by atoms with Crippen LogP contribution in [0.2, 0.25) is 0 Å². The third kappa shape index (κ3) is 3.68. The number of aromatic nitrogens is 7. The van der Waals surface area contributed by atoms with E-state index < -0.39 is 0 Å². The van der Waals surface area contributed by atoms with Crippen LogP contribution in [0.15, 0.2) is 30.9 Å². The van der Waals surface area contributed by atoms with Gasteiger partial charge in [-0.05, 0) is 37.8 Å². The molecule has 2 N–H and O–H groups in total. The number of hydrogen-bond donors (Lipinski definition) is 2. The van der Waals surface area contributed by atoms with Gasteiger partial charge < -0.3 is 14.8 Å². The molecule has 4 aromatic heterocycles. The molecule has 0 unspecified atom stereocenters. The Bertz CT molecular complexity index is 1270. The molecule has 172 valence electrons. The number of rotatable bonds is 7. The number of fused-ring (bicyclic) bond motifs is 2. The van der Waals surface area contributed by atoms with Crippen LogP contribution in [0.4, 0.5) is 5.95 Å². The van der Waals surface area contributed by atoms with Crippen molar-refractivity contribution in [2.45, 2.75) is 44.2 Å². The highest BCUT2D eigenvalue weighted by Crippen LogP contribution is 2.37. The molecule has 0 bridgehead atoms. The molecule has 1 fully saturated rings. The van der Waals surface area contributed by atoms with Gasteiger partial charge >= 0.3 is 0 Å². The van der Waals surface area contributed by atoms with Crippen molar-refractivity contribution < 1.29 is 9.47 Å². The van der Waals surface area contributed by atoms with Gasteiger partial charge in [0.05, 0.1) is 50.0 Å². The standard InChI is InChI=1S/C23H28N8O2/c1-14(11-32-2)27-23-24-9-22-19(17-8-26-30(10-17)18-12-33-13-18)6-21(31(22)29-23)15-3-4-20-16(5-15)7-25-28-20/h6-10,14-15,18H,3-5,11-13H2,1-2H3,(H,25,28)(H,27,29)/t14-,15-/m0/s1. The van der Waals surface area contributed by atoms with Gasteiger partial charge in [-0.15, -0.1) is 5.10 Å². The zero-order valence-electron chi connectivity index (χ0n) is 18.9. The second kappa shape index (κ2) is 8.27. The molecule has 0 saturated carbocycles. The first-order chi connectivity index (χ1) is 16.2. The molecule has 1 aliphatic carbocycles. The summed E-state index contributed by atoms with van der Waals surface area (Å²) in [5.41, 5.74) is 6.89. The molecule has 6 rings (SSSR count). The van der Waals surface area contributed by atoms with Crippen LogP contribution in [0.5, 0.6) is 0 Å². The molecule has 0 amide bonds. The van der Waals surface area contributed by atoms with Gasteiger partial charge in [0.15, 0.2) is 0 Å². The summed E-state index contributed by atoms with van der Waals surface area (Å²) < 4.78 is 14.6. The lowest BCUT2D eigenvalue weighted by atomic mass is 9.85. The summed E-state index contributed by atoms with van der Waals surface area (Å²) in [5.74, 6) is 0.947. The molecule has 5 heterocycles. The van der Waals surface area contributed by atoms with E-state index in [1.807, 2.05) is 23.3 Å². The highest BCUT2D eigenvalue weighted by molar-refractivity contribution is 5.81. The Kier molecular flexibility index (Phi) is 5.11. The number of nitrogens with one attached hydrogen (secondary N) is 2. The Labute approximate surface area is 191 Å². The lowest BCUT2D eigenvalue weighted by Gasteiger charge is -2.25. The van der Waals surface area contributed by atoms with Gasteiger partial charge in [0.1, 0.15) is 0 Å². The molecule has 2 aliphatic rings. The summed E-state index contributed by atoms with van der Waals surface area (Å²) in [7, 11) is 1.70. The van der Waals surface area contributed by atoms with Gasteiger partial charge in [0.25, 0.3) is 0 Å². The molecule has 0 aromatic carbocycles. The van der Waals surface area contributed by atoms with Crippen molar-refractivity contribution in [3.8, 4) is 11.1 Å². The molecule has 10 nitrogen and oxygen atoms in total. The first kappa shape index (κ1) is 20.4. The fourth-order valence-electron chi connectivity index (χ4n) is 4.84. The first-order valence-electron chi connectivity index (χ1n) is 11.5. The summed E-state index contributed by atoms with van der Waals surface area (Å²) in [4.78, 5) is 4.61. The Morgan fingerprint density at radius 2 is 2.21 bits per heavy atom. The van der Waals surface area contributed by atoms with Gasteiger partial charge in [-0.1, -0.05) is 0 Å². The second-order valence-corrected chi connectivity index (χ2v) is 9.08. The molecule has 33 heavy (non-hydrogen) atoms. The minimum atomic E-state index is 0.108. The van der Waals surface area contributed by atoms with Gasteiger partial charge in [0, 0.05) is 47.8 Å². The quantitative estimate of drug-likeness (QED) is 0.447. The topological polar surface area (TPSA) is 107 Å². The molecule has 4 aromatic rings. The Morgan fingerprint density at radius 1 is 1.30 bits per heavy atom. The van der Waals surface area contributed by atoms with Crippen molar-refractivity contribution in [3.05, 3.63) is 47.8 Å². The molecule has 1 saturated heterocycles. The summed E-state index contributed by atoms with van der Waals surface area (Å²) in [6.45, 7) is 4.08. The molecule has 0 radical (unpaired) electrons. The maximum atomic E-state index is 5.33. The molecular formula is C23H28N8O2. The van der Waals surface area contributed by atoms with Crippen LogP contribution < -0.4 is 5.32 Å². The minimum Gasteiger partial charge on any atom is -0.383 e. The van der Waals surface area contributed by atoms with Gasteiger partial charge in [-0.3, -0.25) is 9.78 Å². The van der Waals surface area contributed by atoms with E-state index in [1.165, 1.54) is 17.0 Å². The lowest BCUT2D eigenvalue weighted by Crippen LogP contribution is -2.30. The zero-order valence-corrected chi connectivity index (χ0v) is 18.9. The van der Waals surface area contributed by atoms with Crippen molar-refractivity contribution in [1.29, 1.82) is 0 Å². The zero-order chi connectivity index (χ0) is 22.4. The summed E-state index contributed by atoms with van der Waals surface area (Å²) in [5, 5.41) is 20.2. The third-order valence-corrected chi connectivity index (χ3v) is 6.68. The monoisotopic (exact) mass is 448 g/mol. The van der Waals surface area contributed by atoms with E-state index in [4.69, 9.17) is 14.6 Å². The van der Waals surface area contributed by atoms with Crippen molar-refractivity contribution >= 4 is 11.5 Å². The molecular weight excluding hydrogens is 420 g/mol. The summed E-state index contributed by atoms with van der Waals surface area (Å²) in [6, 6.07) is 2.69. The number of ether oxygens (including phenoxy) is 2. The number of anilines is 1. The van der Waals surface area contributed by atoms with Gasteiger partial charge in [-0.2, -0.15) is 10.2 Å². The lowest BCUT2D eigenvalue weighted by molar-refractivity contribution is -0.0286. The van der Waals surface area contributed by atoms with E-state index in [9.17, 15) is 0 Å². The SMILES string of the molecule is COC[C@H](C)Nc1ncc2c(-c3cnn(C4COC4)c3)cc([C@H]3CCc4[nH]ncc4C3)n2n1. The summed E-state index contributed by atoms with van der Waals surface area (Å²) in [6.07, 6.45) is 10.9. The molecule has 10 heteroatoms. The smallest absolute Gasteiger partial charge is 0.241 e. The molecule has 2 atom stereocenters. The van der Waals surface area contributed by atoms with Crippen LogP contribution in [-0.4, -0.2) is 67.5 Å². The Morgan fingerprint density at radius 3 is 3.03 bits per heavy atom.